The summed E-state index contributed by atoms with van der Waals surface area (Å²) in [5.41, 5.74) is 11.7. The number of aromatic nitrogens is 1. The fourth-order valence-corrected chi connectivity index (χ4v) is 1.45. The highest BCUT2D eigenvalue weighted by molar-refractivity contribution is 5.92. The maximum Gasteiger partial charge on any atom is 0.250 e. The molecule has 0 unspecified atom stereocenters. The van der Waals surface area contributed by atoms with Crippen LogP contribution >= 0.6 is 0 Å². The van der Waals surface area contributed by atoms with Crippen LogP contribution in [-0.4, -0.2) is 18.0 Å². The van der Waals surface area contributed by atoms with Crippen LogP contribution < -0.4 is 20.9 Å². The predicted octanol–water partition coefficient (Wildman–Crippen LogP) is 1.56. The first kappa shape index (κ1) is 12.7. The summed E-state index contributed by atoms with van der Waals surface area (Å²) in [4.78, 5) is 14.9. The summed E-state index contributed by atoms with van der Waals surface area (Å²) in [5.74, 6) is 0.881. The largest absolute Gasteiger partial charge is 0.497 e. The molecule has 0 bridgehead atoms. The number of ether oxygens (including phenoxy) is 2. The number of carbonyl (C=O) groups excluding carboxylic acids is 1. The summed E-state index contributed by atoms with van der Waals surface area (Å²) in [6.07, 6.45) is 1.34. The van der Waals surface area contributed by atoms with E-state index < -0.39 is 5.91 Å². The fourth-order valence-electron chi connectivity index (χ4n) is 1.45. The molecule has 0 spiro atoms. The zero-order valence-electron chi connectivity index (χ0n) is 10.3. The number of methoxy groups -OCH3 is 1. The van der Waals surface area contributed by atoms with Crippen molar-refractivity contribution in [2.45, 2.75) is 0 Å². The number of anilines is 1. The topological polar surface area (TPSA) is 100 Å². The van der Waals surface area contributed by atoms with Crippen LogP contribution in [0.25, 0.3) is 0 Å². The lowest BCUT2D eigenvalue weighted by molar-refractivity contribution is 0.1000. The Balaban J connectivity index is 2.19. The van der Waals surface area contributed by atoms with Gasteiger partial charge < -0.3 is 20.9 Å². The average molecular weight is 259 g/mol. The van der Waals surface area contributed by atoms with Crippen LogP contribution in [0.3, 0.4) is 0 Å². The molecule has 2 aromatic rings. The van der Waals surface area contributed by atoms with E-state index >= 15 is 0 Å². The zero-order valence-corrected chi connectivity index (χ0v) is 10.3. The van der Waals surface area contributed by atoms with E-state index in [1.807, 2.05) is 0 Å². The highest BCUT2D eigenvalue weighted by Crippen LogP contribution is 2.29. The summed E-state index contributed by atoms with van der Waals surface area (Å²) < 4.78 is 10.5. The van der Waals surface area contributed by atoms with Gasteiger partial charge in [-0.15, -0.1) is 0 Å². The minimum Gasteiger partial charge on any atom is -0.497 e. The number of hydrogen-bond donors (Lipinski definition) is 2. The van der Waals surface area contributed by atoms with Gasteiger partial charge in [-0.2, -0.15) is 0 Å². The van der Waals surface area contributed by atoms with Crippen LogP contribution in [0.1, 0.15) is 10.4 Å². The Hall–Kier alpha value is -2.76. The monoisotopic (exact) mass is 259 g/mol. The first-order chi connectivity index (χ1) is 9.10. The molecule has 98 valence electrons. The lowest BCUT2D eigenvalue weighted by Gasteiger charge is -2.09. The SMILES string of the molecule is COc1ccc(Oc2ccc(C(N)=O)cn2)c(N)c1. The van der Waals surface area contributed by atoms with Crippen molar-refractivity contribution in [2.75, 3.05) is 12.8 Å². The smallest absolute Gasteiger partial charge is 0.250 e. The molecule has 19 heavy (non-hydrogen) atoms. The third-order valence-corrected chi connectivity index (χ3v) is 2.45. The van der Waals surface area contributed by atoms with Crippen molar-refractivity contribution in [1.29, 1.82) is 0 Å². The van der Waals surface area contributed by atoms with Crippen molar-refractivity contribution in [3.63, 3.8) is 0 Å². The Morgan fingerprint density at radius 2 is 2.05 bits per heavy atom. The number of benzene rings is 1. The number of nitrogens with zero attached hydrogens (tertiary/aromatic N) is 1. The number of rotatable bonds is 4. The van der Waals surface area contributed by atoms with E-state index in [0.29, 0.717) is 28.6 Å². The van der Waals surface area contributed by atoms with Gasteiger partial charge in [-0.05, 0) is 18.2 Å². The van der Waals surface area contributed by atoms with Crippen LogP contribution in [-0.2, 0) is 0 Å². The molecule has 1 aromatic carbocycles. The highest BCUT2D eigenvalue weighted by Gasteiger charge is 2.06. The van der Waals surface area contributed by atoms with Crippen molar-refractivity contribution in [3.05, 3.63) is 42.1 Å². The molecule has 0 aliphatic heterocycles. The number of carbonyl (C=O) groups is 1. The molecular formula is C13H13N3O3. The average Bonchev–Trinajstić information content (AvgIpc) is 2.41. The van der Waals surface area contributed by atoms with E-state index in [-0.39, 0.29) is 0 Å². The van der Waals surface area contributed by atoms with Crippen LogP contribution in [0.15, 0.2) is 36.5 Å². The zero-order chi connectivity index (χ0) is 13.8. The highest BCUT2D eigenvalue weighted by atomic mass is 16.5. The van der Waals surface area contributed by atoms with Gasteiger partial charge in [0.2, 0.25) is 11.8 Å². The number of pyridine rings is 1. The minimum absolute atomic E-state index is 0.315. The third kappa shape index (κ3) is 2.92. The molecule has 1 aromatic heterocycles. The Morgan fingerprint density at radius 1 is 1.26 bits per heavy atom. The standard InChI is InChI=1S/C13H13N3O3/c1-18-9-3-4-11(10(14)6-9)19-12-5-2-8(7-16-12)13(15)17/h2-7H,14H2,1H3,(H2,15,17). The second-order valence-electron chi connectivity index (χ2n) is 3.76. The van der Waals surface area contributed by atoms with Gasteiger partial charge in [0.05, 0.1) is 18.4 Å². The predicted molar refractivity (Wildman–Crippen MR) is 70.2 cm³/mol. The molecule has 0 saturated heterocycles. The van der Waals surface area contributed by atoms with Crippen LogP contribution in [0.2, 0.25) is 0 Å². The van der Waals surface area contributed by atoms with Crippen LogP contribution in [0, 0.1) is 0 Å². The molecule has 0 aliphatic rings. The second kappa shape index (κ2) is 5.26. The molecule has 4 N–H and O–H groups in total. The number of nitrogens with two attached hydrogens (primary N) is 2. The lowest BCUT2D eigenvalue weighted by atomic mass is 10.2. The second-order valence-corrected chi connectivity index (χ2v) is 3.76. The number of amides is 1. The number of nitrogen functional groups attached to an aromatic ring is 1. The van der Waals surface area contributed by atoms with Gasteiger partial charge in [0, 0.05) is 18.3 Å². The van der Waals surface area contributed by atoms with Crippen molar-refractivity contribution < 1.29 is 14.3 Å². The fraction of sp³-hybridized carbons (Fsp3) is 0.0769. The van der Waals surface area contributed by atoms with Crippen LogP contribution in [0.5, 0.6) is 17.4 Å². The first-order valence-electron chi connectivity index (χ1n) is 5.47. The Morgan fingerprint density at radius 3 is 2.58 bits per heavy atom. The molecule has 1 amide bonds. The number of hydrogen-bond acceptors (Lipinski definition) is 5. The molecule has 0 saturated carbocycles. The quantitative estimate of drug-likeness (QED) is 0.811. The van der Waals surface area contributed by atoms with Gasteiger partial charge >= 0.3 is 0 Å². The Kier molecular flexibility index (Phi) is 3.51. The molecule has 2 rings (SSSR count). The lowest BCUT2D eigenvalue weighted by Crippen LogP contribution is -2.10. The first-order valence-corrected chi connectivity index (χ1v) is 5.47. The van der Waals surface area contributed by atoms with Gasteiger partial charge in [0.15, 0.2) is 5.75 Å². The van der Waals surface area contributed by atoms with Gasteiger partial charge in [-0.25, -0.2) is 4.98 Å². The van der Waals surface area contributed by atoms with Crippen molar-refractivity contribution >= 4 is 11.6 Å². The summed E-state index contributed by atoms with van der Waals surface area (Å²) in [6.45, 7) is 0. The van der Waals surface area contributed by atoms with Gasteiger partial charge in [0.1, 0.15) is 5.75 Å². The summed E-state index contributed by atoms with van der Waals surface area (Å²) in [6, 6.07) is 8.13. The van der Waals surface area contributed by atoms with Gasteiger partial charge in [-0.1, -0.05) is 0 Å². The van der Waals surface area contributed by atoms with Gasteiger partial charge in [0.25, 0.3) is 0 Å². The third-order valence-electron chi connectivity index (χ3n) is 2.45. The van der Waals surface area contributed by atoms with Crippen molar-refractivity contribution in [2.24, 2.45) is 5.73 Å². The molecule has 0 fully saturated rings. The summed E-state index contributed by atoms with van der Waals surface area (Å²) in [7, 11) is 1.55. The van der Waals surface area contributed by atoms with E-state index in [4.69, 9.17) is 20.9 Å². The minimum atomic E-state index is -0.539. The van der Waals surface area contributed by atoms with Crippen molar-refractivity contribution in [1.82, 2.24) is 4.98 Å². The molecule has 0 radical (unpaired) electrons. The maximum absolute atomic E-state index is 10.9. The van der Waals surface area contributed by atoms with Gasteiger partial charge in [-0.3, -0.25) is 4.79 Å². The Labute approximate surface area is 110 Å². The molecule has 6 nitrogen and oxygen atoms in total. The maximum atomic E-state index is 10.9. The van der Waals surface area contributed by atoms with E-state index in [2.05, 4.69) is 4.98 Å². The molecule has 0 atom stereocenters. The van der Waals surface area contributed by atoms with Crippen LogP contribution in [0.4, 0.5) is 5.69 Å². The van der Waals surface area contributed by atoms with E-state index in [1.165, 1.54) is 12.3 Å². The Bertz CT molecular complexity index is 597. The summed E-state index contributed by atoms with van der Waals surface area (Å²) >= 11 is 0. The molecular weight excluding hydrogens is 246 g/mol. The summed E-state index contributed by atoms with van der Waals surface area (Å²) in [5, 5.41) is 0. The van der Waals surface area contributed by atoms with Crippen molar-refractivity contribution in [3.8, 4) is 17.4 Å². The molecule has 0 aliphatic carbocycles. The van der Waals surface area contributed by atoms with E-state index in [0.717, 1.165) is 0 Å². The number of primary amides is 1. The van der Waals surface area contributed by atoms with E-state index in [1.54, 1.807) is 31.4 Å². The van der Waals surface area contributed by atoms with E-state index in [9.17, 15) is 4.79 Å². The molecule has 6 heteroatoms. The molecule has 1 heterocycles. The normalized spacial score (nSPS) is 9.95.